The zero-order valence-corrected chi connectivity index (χ0v) is 10.4. The van der Waals surface area contributed by atoms with Gasteiger partial charge >= 0.3 is 0 Å². The Morgan fingerprint density at radius 1 is 1.07 bits per heavy atom. The van der Waals surface area contributed by atoms with Crippen molar-refractivity contribution in [1.82, 2.24) is 0 Å². The van der Waals surface area contributed by atoms with E-state index in [0.29, 0.717) is 0 Å². The van der Waals surface area contributed by atoms with Crippen molar-refractivity contribution in [3.8, 4) is 0 Å². The molecule has 0 amide bonds. The highest BCUT2D eigenvalue weighted by atomic mass is 127. The van der Waals surface area contributed by atoms with Crippen molar-refractivity contribution in [3.63, 3.8) is 0 Å². The molecule has 74 valence electrons. The van der Waals surface area contributed by atoms with Crippen LogP contribution in [-0.2, 0) is 0 Å². The molecule has 0 saturated carbocycles. The van der Waals surface area contributed by atoms with E-state index in [1.165, 1.54) is 22.8 Å². The smallest absolute Gasteiger partial charge is 0.000178 e. The number of benzene rings is 1. The fourth-order valence-electron chi connectivity index (χ4n) is 1.10. The minimum Gasteiger partial charge on any atom is -0.0864 e. The monoisotopic (exact) mass is 298 g/mol. The minimum atomic E-state index is 1.18. The van der Waals surface area contributed by atoms with Gasteiger partial charge in [-0.3, -0.25) is 0 Å². The summed E-state index contributed by atoms with van der Waals surface area (Å²) < 4.78 is 1.24. The highest BCUT2D eigenvalue weighted by molar-refractivity contribution is 14.1. The van der Waals surface area contributed by atoms with Gasteiger partial charge in [-0.25, -0.2) is 0 Å². The van der Waals surface area contributed by atoms with Crippen LogP contribution in [0.5, 0.6) is 0 Å². The van der Waals surface area contributed by atoms with Gasteiger partial charge in [-0.05, 0) is 22.8 Å². The molecule has 0 bridgehead atoms. The van der Waals surface area contributed by atoms with Crippen LogP contribution < -0.4 is 0 Å². The lowest BCUT2D eigenvalue weighted by Crippen LogP contribution is -1.69. The van der Waals surface area contributed by atoms with E-state index in [-0.39, 0.29) is 0 Å². The van der Waals surface area contributed by atoms with Crippen LogP contribution in [0.4, 0.5) is 0 Å². The Morgan fingerprint density at radius 3 is 2.57 bits per heavy atom. The van der Waals surface area contributed by atoms with Crippen molar-refractivity contribution in [1.29, 1.82) is 0 Å². The third-order valence-electron chi connectivity index (χ3n) is 1.84. The van der Waals surface area contributed by atoms with E-state index in [1.54, 1.807) is 0 Å². The molecule has 0 aliphatic rings. The molecule has 1 aromatic rings. The molecular weight excluding hydrogens is 283 g/mol. The van der Waals surface area contributed by atoms with Gasteiger partial charge < -0.3 is 0 Å². The van der Waals surface area contributed by atoms with Crippen LogP contribution in [0.15, 0.2) is 48.6 Å². The Bertz CT molecular complexity index is 285. The Morgan fingerprint density at radius 2 is 1.86 bits per heavy atom. The van der Waals surface area contributed by atoms with Crippen molar-refractivity contribution < 1.29 is 0 Å². The summed E-state index contributed by atoms with van der Waals surface area (Å²) in [4.78, 5) is 0. The Balaban J connectivity index is 2.31. The van der Waals surface area contributed by atoms with Gasteiger partial charge in [-0.15, -0.1) is 0 Å². The van der Waals surface area contributed by atoms with E-state index in [4.69, 9.17) is 0 Å². The lowest BCUT2D eigenvalue weighted by Gasteiger charge is -1.88. The van der Waals surface area contributed by atoms with Gasteiger partial charge in [0.15, 0.2) is 0 Å². The fourth-order valence-corrected chi connectivity index (χ4v) is 1.54. The van der Waals surface area contributed by atoms with Gasteiger partial charge in [0.05, 0.1) is 0 Å². The zero-order valence-electron chi connectivity index (χ0n) is 8.20. The number of hydrogen-bond donors (Lipinski definition) is 0. The van der Waals surface area contributed by atoms with Gasteiger partial charge in [-0.1, -0.05) is 77.2 Å². The van der Waals surface area contributed by atoms with Gasteiger partial charge in [0, 0.05) is 0 Å². The summed E-state index contributed by atoms with van der Waals surface area (Å²) >= 11 is 2.41. The summed E-state index contributed by atoms with van der Waals surface area (Å²) in [5, 5.41) is 0. The minimum absolute atomic E-state index is 1.18. The molecule has 14 heavy (non-hydrogen) atoms. The molecule has 0 saturated heterocycles. The molecule has 1 rings (SSSR count). The van der Waals surface area contributed by atoms with E-state index < -0.39 is 0 Å². The normalized spacial score (nSPS) is 11.5. The SMILES string of the molecule is ICCCC=CC=Cc1ccccc1. The summed E-state index contributed by atoms with van der Waals surface area (Å²) in [7, 11) is 0. The maximum absolute atomic E-state index is 2.41. The number of unbranched alkanes of at least 4 members (excludes halogenated alkanes) is 1. The molecule has 0 heterocycles. The predicted octanol–water partition coefficient (Wildman–Crippen LogP) is 4.47. The summed E-state index contributed by atoms with van der Waals surface area (Å²) in [5.74, 6) is 0. The number of allylic oxidation sites excluding steroid dienone is 3. The summed E-state index contributed by atoms with van der Waals surface area (Å²) in [6.45, 7) is 0. The standard InChI is InChI=1S/C13H15I/c14-12-8-3-1-2-5-9-13-10-6-4-7-11-13/h1-2,4-7,9-11H,3,8,12H2. The molecule has 1 aromatic carbocycles. The van der Waals surface area contributed by atoms with Crippen molar-refractivity contribution >= 4 is 28.7 Å². The zero-order chi connectivity index (χ0) is 10.1. The van der Waals surface area contributed by atoms with Crippen molar-refractivity contribution in [3.05, 3.63) is 54.1 Å². The summed E-state index contributed by atoms with van der Waals surface area (Å²) in [6.07, 6.45) is 11.0. The van der Waals surface area contributed by atoms with Gasteiger partial charge in [0.1, 0.15) is 0 Å². The fraction of sp³-hybridized carbons (Fsp3) is 0.231. The Kier molecular flexibility index (Phi) is 6.41. The van der Waals surface area contributed by atoms with Crippen LogP contribution in [0.25, 0.3) is 6.08 Å². The molecule has 0 aromatic heterocycles. The average molecular weight is 298 g/mol. The van der Waals surface area contributed by atoms with E-state index in [0.717, 1.165) is 0 Å². The molecule has 0 nitrogen and oxygen atoms in total. The second-order valence-corrected chi connectivity index (χ2v) is 4.11. The van der Waals surface area contributed by atoms with Crippen molar-refractivity contribution in [2.75, 3.05) is 4.43 Å². The number of rotatable bonds is 5. The number of alkyl halides is 1. The second-order valence-electron chi connectivity index (χ2n) is 3.03. The lowest BCUT2D eigenvalue weighted by molar-refractivity contribution is 0.986. The molecule has 0 unspecified atom stereocenters. The number of halogens is 1. The third-order valence-corrected chi connectivity index (χ3v) is 2.60. The van der Waals surface area contributed by atoms with Gasteiger partial charge in [-0.2, -0.15) is 0 Å². The van der Waals surface area contributed by atoms with Crippen LogP contribution in [0.3, 0.4) is 0 Å². The average Bonchev–Trinajstić information content (AvgIpc) is 2.25. The van der Waals surface area contributed by atoms with Crippen LogP contribution >= 0.6 is 22.6 Å². The maximum atomic E-state index is 2.41. The lowest BCUT2D eigenvalue weighted by atomic mass is 10.2. The second kappa shape index (κ2) is 7.80. The molecule has 0 atom stereocenters. The van der Waals surface area contributed by atoms with Crippen LogP contribution in [-0.4, -0.2) is 4.43 Å². The van der Waals surface area contributed by atoms with E-state index in [1.807, 2.05) is 6.07 Å². The van der Waals surface area contributed by atoms with Gasteiger partial charge in [0.25, 0.3) is 0 Å². The molecule has 0 radical (unpaired) electrons. The molecule has 0 aliphatic heterocycles. The Hall–Kier alpha value is -0.570. The molecule has 1 heteroatoms. The van der Waals surface area contributed by atoms with E-state index in [2.05, 4.69) is 71.2 Å². The molecular formula is C13H15I. The van der Waals surface area contributed by atoms with Gasteiger partial charge in [0.2, 0.25) is 0 Å². The largest absolute Gasteiger partial charge is 0.0864 e. The van der Waals surface area contributed by atoms with Crippen LogP contribution in [0.1, 0.15) is 18.4 Å². The van der Waals surface area contributed by atoms with E-state index >= 15 is 0 Å². The van der Waals surface area contributed by atoms with Crippen LogP contribution in [0.2, 0.25) is 0 Å². The predicted molar refractivity (Wildman–Crippen MR) is 72.7 cm³/mol. The topological polar surface area (TPSA) is 0 Å². The van der Waals surface area contributed by atoms with Crippen molar-refractivity contribution in [2.24, 2.45) is 0 Å². The molecule has 0 spiro atoms. The first-order chi connectivity index (χ1) is 6.93. The first-order valence-corrected chi connectivity index (χ1v) is 6.40. The highest BCUT2D eigenvalue weighted by Gasteiger charge is 1.80. The van der Waals surface area contributed by atoms with Crippen molar-refractivity contribution in [2.45, 2.75) is 12.8 Å². The maximum Gasteiger partial charge on any atom is -0.000178 e. The molecule has 0 aliphatic carbocycles. The first kappa shape index (κ1) is 11.5. The first-order valence-electron chi connectivity index (χ1n) is 4.87. The summed E-state index contributed by atoms with van der Waals surface area (Å²) in [6, 6.07) is 10.4. The molecule has 0 fully saturated rings. The van der Waals surface area contributed by atoms with E-state index in [9.17, 15) is 0 Å². The third kappa shape index (κ3) is 5.22. The Labute approximate surface area is 99.9 Å². The van der Waals surface area contributed by atoms with Crippen LogP contribution in [0, 0.1) is 0 Å². The number of hydrogen-bond acceptors (Lipinski definition) is 0. The highest BCUT2D eigenvalue weighted by Crippen LogP contribution is 2.01. The quantitative estimate of drug-likeness (QED) is 0.325. The summed E-state index contributed by atoms with van der Waals surface area (Å²) in [5.41, 5.74) is 1.26. The molecule has 0 N–H and O–H groups in total.